The number of carbonyl (C=O) groups excluding carboxylic acids is 2. The number of anilines is 1. The van der Waals surface area contributed by atoms with Crippen LogP contribution in [0.5, 0.6) is 0 Å². The summed E-state index contributed by atoms with van der Waals surface area (Å²) < 4.78 is 25.1. The van der Waals surface area contributed by atoms with Crippen LogP contribution in [-0.2, 0) is 14.3 Å². The summed E-state index contributed by atoms with van der Waals surface area (Å²) in [7, 11) is 0. The molecule has 24 heavy (non-hydrogen) atoms. The molecule has 0 bridgehead atoms. The normalized spacial score (nSPS) is 21.7. The van der Waals surface area contributed by atoms with Gasteiger partial charge in [-0.3, -0.25) is 9.69 Å². The average molecular weight is 336 g/mol. The van der Waals surface area contributed by atoms with Crippen molar-refractivity contribution < 1.29 is 23.5 Å². The number of nitrogens with zero attached hydrogens (tertiary/aromatic N) is 1. The van der Waals surface area contributed by atoms with E-state index < -0.39 is 6.09 Å². The third-order valence-corrected chi connectivity index (χ3v) is 4.47. The van der Waals surface area contributed by atoms with Crippen molar-refractivity contribution in [2.24, 2.45) is 0 Å². The van der Waals surface area contributed by atoms with Gasteiger partial charge in [-0.1, -0.05) is 6.07 Å². The molecule has 2 fully saturated rings. The summed E-state index contributed by atoms with van der Waals surface area (Å²) in [5, 5.41) is 2.69. The maximum Gasteiger partial charge on any atom is 0.414 e. The van der Waals surface area contributed by atoms with E-state index in [4.69, 9.17) is 9.47 Å². The van der Waals surface area contributed by atoms with Gasteiger partial charge in [0.05, 0.1) is 11.7 Å². The number of benzene rings is 1. The Morgan fingerprint density at radius 1 is 1.38 bits per heavy atom. The van der Waals surface area contributed by atoms with Crippen molar-refractivity contribution in [3.05, 3.63) is 29.6 Å². The lowest BCUT2D eigenvalue weighted by molar-refractivity contribution is -0.119. The van der Waals surface area contributed by atoms with Crippen LogP contribution in [0, 0.1) is 5.82 Å². The highest BCUT2D eigenvalue weighted by Gasteiger charge is 2.37. The second kappa shape index (κ2) is 7.17. The van der Waals surface area contributed by atoms with E-state index >= 15 is 0 Å². The molecular weight excluding hydrogens is 315 g/mol. The fraction of sp³-hybridized carbons (Fsp3) is 0.529. The van der Waals surface area contributed by atoms with Crippen molar-refractivity contribution in [2.75, 3.05) is 31.3 Å². The monoisotopic (exact) mass is 336 g/mol. The predicted octanol–water partition coefficient (Wildman–Crippen LogP) is 2.18. The zero-order valence-electron chi connectivity index (χ0n) is 13.6. The largest absolute Gasteiger partial charge is 0.447 e. The van der Waals surface area contributed by atoms with Gasteiger partial charge in [0.1, 0.15) is 12.4 Å². The molecular formula is C17H21FN2O4. The minimum Gasteiger partial charge on any atom is -0.447 e. The molecule has 2 heterocycles. The highest BCUT2D eigenvalue weighted by molar-refractivity contribution is 5.91. The van der Waals surface area contributed by atoms with E-state index in [1.807, 2.05) is 0 Å². The van der Waals surface area contributed by atoms with Crippen LogP contribution in [0.1, 0.15) is 31.2 Å². The van der Waals surface area contributed by atoms with Crippen molar-refractivity contribution in [2.45, 2.75) is 31.7 Å². The Morgan fingerprint density at radius 2 is 2.12 bits per heavy atom. The van der Waals surface area contributed by atoms with Crippen molar-refractivity contribution in [1.82, 2.24) is 5.32 Å². The molecule has 2 amide bonds. The predicted molar refractivity (Wildman–Crippen MR) is 85.5 cm³/mol. The van der Waals surface area contributed by atoms with Gasteiger partial charge in [-0.2, -0.15) is 0 Å². The first-order valence-corrected chi connectivity index (χ1v) is 8.14. The fourth-order valence-corrected chi connectivity index (χ4v) is 3.29. The molecule has 2 aliphatic rings. The van der Waals surface area contributed by atoms with Gasteiger partial charge in [-0.25, -0.2) is 9.18 Å². The standard InChI is InChI=1S/C17H21FN2O4/c1-11(21)19-9-13-10-24-17(22)20(13)15-4-2-3-14(18)16(15)12-5-7-23-8-6-12/h2-4,12-13H,5-10H2,1H3,(H,19,21). The molecule has 1 atom stereocenters. The zero-order valence-corrected chi connectivity index (χ0v) is 13.6. The van der Waals surface area contributed by atoms with Crippen LogP contribution in [0.15, 0.2) is 18.2 Å². The van der Waals surface area contributed by atoms with E-state index in [-0.39, 0.29) is 36.8 Å². The minimum atomic E-state index is -0.510. The van der Waals surface area contributed by atoms with Gasteiger partial charge in [0.15, 0.2) is 0 Å². The molecule has 2 saturated heterocycles. The number of hydrogen-bond donors (Lipinski definition) is 1. The lowest BCUT2D eigenvalue weighted by Crippen LogP contribution is -2.43. The molecule has 0 saturated carbocycles. The van der Waals surface area contributed by atoms with Crippen LogP contribution in [-0.4, -0.2) is 44.4 Å². The van der Waals surface area contributed by atoms with Gasteiger partial charge >= 0.3 is 6.09 Å². The number of halogens is 1. The third kappa shape index (κ3) is 3.36. The number of ether oxygens (including phenoxy) is 2. The first kappa shape index (κ1) is 16.7. The molecule has 0 radical (unpaired) electrons. The van der Waals surface area contributed by atoms with Crippen molar-refractivity contribution in [3.8, 4) is 0 Å². The van der Waals surface area contributed by atoms with E-state index in [1.54, 1.807) is 12.1 Å². The van der Waals surface area contributed by atoms with Gasteiger partial charge in [0, 0.05) is 32.2 Å². The van der Waals surface area contributed by atoms with Gasteiger partial charge < -0.3 is 14.8 Å². The molecule has 130 valence electrons. The third-order valence-electron chi connectivity index (χ3n) is 4.47. The van der Waals surface area contributed by atoms with Crippen LogP contribution < -0.4 is 10.2 Å². The molecule has 6 nitrogen and oxygen atoms in total. The SMILES string of the molecule is CC(=O)NCC1COC(=O)N1c1cccc(F)c1C1CCOCC1. The van der Waals surface area contributed by atoms with E-state index in [9.17, 15) is 14.0 Å². The highest BCUT2D eigenvalue weighted by Crippen LogP contribution is 2.38. The molecule has 2 aliphatic heterocycles. The van der Waals surface area contributed by atoms with Crippen LogP contribution in [0.3, 0.4) is 0 Å². The first-order valence-electron chi connectivity index (χ1n) is 8.14. The van der Waals surface area contributed by atoms with Crippen LogP contribution >= 0.6 is 0 Å². The number of carbonyl (C=O) groups is 2. The summed E-state index contributed by atoms with van der Waals surface area (Å²) >= 11 is 0. The Bertz CT molecular complexity index is 631. The summed E-state index contributed by atoms with van der Waals surface area (Å²) in [6.45, 7) is 3.02. The molecule has 0 spiro atoms. The van der Waals surface area contributed by atoms with E-state index in [0.717, 1.165) is 0 Å². The summed E-state index contributed by atoms with van der Waals surface area (Å²) in [5.74, 6) is -0.500. The highest BCUT2D eigenvalue weighted by atomic mass is 19.1. The molecule has 7 heteroatoms. The van der Waals surface area contributed by atoms with Crippen LogP contribution in [0.2, 0.25) is 0 Å². The Balaban J connectivity index is 1.93. The van der Waals surface area contributed by atoms with Crippen LogP contribution in [0.4, 0.5) is 14.9 Å². The smallest absolute Gasteiger partial charge is 0.414 e. The van der Waals surface area contributed by atoms with Crippen molar-refractivity contribution >= 4 is 17.7 Å². The Hall–Kier alpha value is -2.15. The second-order valence-corrected chi connectivity index (χ2v) is 6.10. The molecule has 3 rings (SSSR count). The molecule has 1 aromatic rings. The lowest BCUT2D eigenvalue weighted by Gasteiger charge is -2.29. The minimum absolute atomic E-state index is 0.00441. The lowest BCUT2D eigenvalue weighted by atomic mass is 9.89. The number of nitrogens with one attached hydrogen (secondary N) is 1. The Morgan fingerprint density at radius 3 is 2.83 bits per heavy atom. The molecule has 1 N–H and O–H groups in total. The van der Waals surface area contributed by atoms with E-state index in [0.29, 0.717) is 37.3 Å². The molecule has 0 aliphatic carbocycles. The van der Waals surface area contributed by atoms with Crippen molar-refractivity contribution in [3.63, 3.8) is 0 Å². The van der Waals surface area contributed by atoms with Crippen LogP contribution in [0.25, 0.3) is 0 Å². The Labute approximate surface area is 139 Å². The summed E-state index contributed by atoms with van der Waals surface area (Å²) in [5.41, 5.74) is 1.06. The number of rotatable bonds is 4. The van der Waals surface area contributed by atoms with Gasteiger partial charge in [0.25, 0.3) is 0 Å². The van der Waals surface area contributed by atoms with Gasteiger partial charge in [0.2, 0.25) is 5.91 Å². The first-order chi connectivity index (χ1) is 11.6. The van der Waals surface area contributed by atoms with Gasteiger partial charge in [-0.15, -0.1) is 0 Å². The van der Waals surface area contributed by atoms with Gasteiger partial charge in [-0.05, 0) is 30.9 Å². The molecule has 0 aromatic heterocycles. The Kier molecular flexibility index (Phi) is 4.99. The fourth-order valence-electron chi connectivity index (χ4n) is 3.29. The summed E-state index contributed by atoms with van der Waals surface area (Å²) in [6.07, 6.45) is 0.921. The maximum absolute atomic E-state index is 14.6. The topological polar surface area (TPSA) is 67.9 Å². The molecule has 1 aromatic carbocycles. The van der Waals surface area contributed by atoms with E-state index in [2.05, 4.69) is 5.32 Å². The quantitative estimate of drug-likeness (QED) is 0.915. The summed E-state index contributed by atoms with van der Waals surface area (Å²) in [6, 6.07) is 4.40. The van der Waals surface area contributed by atoms with E-state index in [1.165, 1.54) is 17.9 Å². The maximum atomic E-state index is 14.6. The summed E-state index contributed by atoms with van der Waals surface area (Å²) in [4.78, 5) is 24.8. The average Bonchev–Trinajstić information content (AvgIpc) is 2.94. The second-order valence-electron chi connectivity index (χ2n) is 6.10. The van der Waals surface area contributed by atoms with Crippen molar-refractivity contribution in [1.29, 1.82) is 0 Å². The zero-order chi connectivity index (χ0) is 17.1. The number of cyclic esters (lactones) is 1. The number of amides is 2. The molecule has 1 unspecified atom stereocenters. The number of hydrogen-bond acceptors (Lipinski definition) is 4.